The largest absolute Gasteiger partial charge is 0.355 e. The zero-order valence-corrected chi connectivity index (χ0v) is 18.7. The lowest BCUT2D eigenvalue weighted by Crippen LogP contribution is -2.37. The SMILES string of the molecule is CSc1nc(N2CC3CCC(C3)C2)c2c(C)nc(-c3cc(C)cc(C)n3)c(F)c2n1. The van der Waals surface area contributed by atoms with Crippen LogP contribution in [0.25, 0.3) is 22.3 Å². The molecule has 156 valence electrons. The minimum atomic E-state index is -0.410. The summed E-state index contributed by atoms with van der Waals surface area (Å²) in [5.41, 5.74) is 3.81. The van der Waals surface area contributed by atoms with Gasteiger partial charge in [-0.05, 0) is 75.8 Å². The van der Waals surface area contributed by atoms with E-state index >= 15 is 4.39 Å². The smallest absolute Gasteiger partial charge is 0.189 e. The lowest BCUT2D eigenvalue weighted by atomic mass is 9.98. The Morgan fingerprint density at radius 3 is 2.40 bits per heavy atom. The Balaban J connectivity index is 1.72. The van der Waals surface area contributed by atoms with Crippen LogP contribution in [0.1, 0.15) is 36.2 Å². The molecule has 0 radical (unpaired) electrons. The quantitative estimate of drug-likeness (QED) is 0.431. The summed E-state index contributed by atoms with van der Waals surface area (Å²) in [6, 6.07) is 3.86. The topological polar surface area (TPSA) is 54.8 Å². The second-order valence-electron chi connectivity index (χ2n) is 8.74. The molecular formula is C23H26FN5S. The van der Waals surface area contributed by atoms with Gasteiger partial charge >= 0.3 is 0 Å². The van der Waals surface area contributed by atoms with E-state index in [-0.39, 0.29) is 5.69 Å². The lowest BCUT2D eigenvalue weighted by Gasteiger charge is -2.33. The number of piperidine rings is 1. The molecule has 3 aromatic heterocycles. The first-order chi connectivity index (χ1) is 14.4. The third-order valence-electron chi connectivity index (χ3n) is 6.36. The van der Waals surface area contributed by atoms with Crippen LogP contribution in [-0.2, 0) is 0 Å². The summed E-state index contributed by atoms with van der Waals surface area (Å²) in [4.78, 5) is 21.0. The van der Waals surface area contributed by atoms with E-state index in [0.717, 1.165) is 41.2 Å². The molecular weight excluding hydrogens is 397 g/mol. The maximum absolute atomic E-state index is 15.8. The van der Waals surface area contributed by atoms with Gasteiger partial charge in [0.25, 0.3) is 0 Å². The maximum atomic E-state index is 15.8. The van der Waals surface area contributed by atoms with Crippen LogP contribution in [0.5, 0.6) is 0 Å². The zero-order chi connectivity index (χ0) is 21.0. The van der Waals surface area contributed by atoms with Gasteiger partial charge in [-0.2, -0.15) is 0 Å². The molecule has 2 bridgehead atoms. The highest BCUT2D eigenvalue weighted by molar-refractivity contribution is 7.98. The van der Waals surface area contributed by atoms with Crippen molar-refractivity contribution in [2.75, 3.05) is 24.2 Å². The van der Waals surface area contributed by atoms with Gasteiger partial charge in [0.05, 0.1) is 16.8 Å². The molecule has 4 heterocycles. The fourth-order valence-corrected chi connectivity index (χ4v) is 5.50. The van der Waals surface area contributed by atoms with Gasteiger partial charge in [-0.1, -0.05) is 11.8 Å². The second-order valence-corrected chi connectivity index (χ2v) is 9.51. The van der Waals surface area contributed by atoms with Crippen molar-refractivity contribution >= 4 is 28.5 Å². The zero-order valence-electron chi connectivity index (χ0n) is 17.9. The highest BCUT2D eigenvalue weighted by Crippen LogP contribution is 2.41. The molecule has 1 aliphatic carbocycles. The number of hydrogen-bond donors (Lipinski definition) is 0. The van der Waals surface area contributed by atoms with Crippen LogP contribution >= 0.6 is 11.8 Å². The average Bonchev–Trinajstić information content (AvgIpc) is 3.06. The first kappa shape index (κ1) is 19.7. The second kappa shape index (κ2) is 7.45. The van der Waals surface area contributed by atoms with Gasteiger partial charge in [-0.25, -0.2) is 19.3 Å². The Morgan fingerprint density at radius 2 is 1.73 bits per heavy atom. The molecule has 0 spiro atoms. The summed E-state index contributed by atoms with van der Waals surface area (Å²) in [7, 11) is 0. The van der Waals surface area contributed by atoms with Crippen molar-refractivity contribution in [3.63, 3.8) is 0 Å². The Hall–Kier alpha value is -2.28. The Kier molecular flexibility index (Phi) is 4.88. The van der Waals surface area contributed by atoms with Crippen molar-refractivity contribution in [1.29, 1.82) is 0 Å². The maximum Gasteiger partial charge on any atom is 0.189 e. The molecule has 2 aliphatic rings. The first-order valence-corrected chi connectivity index (χ1v) is 11.8. The molecule has 2 fully saturated rings. The van der Waals surface area contributed by atoms with Gasteiger partial charge in [0, 0.05) is 18.8 Å². The van der Waals surface area contributed by atoms with Crippen LogP contribution in [-0.4, -0.2) is 39.3 Å². The van der Waals surface area contributed by atoms with Crippen molar-refractivity contribution in [2.45, 2.75) is 45.2 Å². The fourth-order valence-electron chi connectivity index (χ4n) is 5.14. The summed E-state index contributed by atoms with van der Waals surface area (Å²) in [5.74, 6) is 1.85. The van der Waals surface area contributed by atoms with Crippen LogP contribution in [0.4, 0.5) is 10.2 Å². The van der Waals surface area contributed by atoms with Crippen molar-refractivity contribution in [2.24, 2.45) is 11.8 Å². The van der Waals surface area contributed by atoms with Crippen LogP contribution < -0.4 is 4.90 Å². The van der Waals surface area contributed by atoms with E-state index < -0.39 is 5.82 Å². The van der Waals surface area contributed by atoms with Gasteiger partial charge in [0.1, 0.15) is 17.0 Å². The summed E-state index contributed by atoms with van der Waals surface area (Å²) in [6.07, 6.45) is 5.81. The minimum absolute atomic E-state index is 0.266. The van der Waals surface area contributed by atoms with Crippen LogP contribution in [0.15, 0.2) is 17.3 Å². The van der Waals surface area contributed by atoms with E-state index in [9.17, 15) is 0 Å². The molecule has 0 N–H and O–H groups in total. The summed E-state index contributed by atoms with van der Waals surface area (Å²) in [6.45, 7) is 7.80. The number of hydrogen-bond acceptors (Lipinski definition) is 6. The van der Waals surface area contributed by atoms with Gasteiger partial charge in [-0.15, -0.1) is 0 Å². The Bertz CT molecular complexity index is 1120. The summed E-state index contributed by atoms with van der Waals surface area (Å²) in [5, 5.41) is 1.33. The summed E-state index contributed by atoms with van der Waals surface area (Å²) < 4.78 is 15.8. The molecule has 30 heavy (non-hydrogen) atoms. The molecule has 2 unspecified atom stereocenters. The molecule has 3 aromatic rings. The monoisotopic (exact) mass is 423 g/mol. The number of halogens is 1. The predicted molar refractivity (Wildman–Crippen MR) is 120 cm³/mol. The number of nitrogens with zero attached hydrogens (tertiary/aromatic N) is 5. The van der Waals surface area contributed by atoms with Gasteiger partial charge in [-0.3, -0.25) is 4.98 Å². The molecule has 7 heteroatoms. The van der Waals surface area contributed by atoms with Crippen molar-refractivity contribution in [3.05, 3.63) is 34.9 Å². The number of aromatic nitrogens is 4. The van der Waals surface area contributed by atoms with Crippen molar-refractivity contribution in [1.82, 2.24) is 19.9 Å². The normalized spacial score (nSPS) is 20.9. The summed E-state index contributed by atoms with van der Waals surface area (Å²) >= 11 is 1.45. The van der Waals surface area contributed by atoms with E-state index in [0.29, 0.717) is 28.2 Å². The Morgan fingerprint density at radius 1 is 1.00 bits per heavy atom. The highest BCUT2D eigenvalue weighted by atomic mass is 32.2. The average molecular weight is 424 g/mol. The molecule has 2 atom stereocenters. The van der Waals surface area contributed by atoms with E-state index in [1.807, 2.05) is 39.2 Å². The number of fused-ring (bicyclic) bond motifs is 3. The van der Waals surface area contributed by atoms with Gasteiger partial charge in [0.15, 0.2) is 11.0 Å². The van der Waals surface area contributed by atoms with E-state index in [4.69, 9.17) is 4.98 Å². The standard InChI is InChI=1S/C23H26FN5S/c1-12-7-13(2)25-17(8-12)20-19(24)21-18(14(3)26-20)22(28-23(27-21)30-4)29-10-15-5-6-16(9-15)11-29/h7-8,15-16H,5-6,9-11H2,1-4H3. The number of pyridine rings is 2. The minimum Gasteiger partial charge on any atom is -0.355 e. The predicted octanol–water partition coefficient (Wildman–Crippen LogP) is 5.11. The van der Waals surface area contributed by atoms with Crippen molar-refractivity contribution < 1.29 is 4.39 Å². The molecule has 5 nitrogen and oxygen atoms in total. The number of aryl methyl sites for hydroxylation is 3. The van der Waals surface area contributed by atoms with E-state index in [1.54, 1.807) is 0 Å². The molecule has 0 aromatic carbocycles. The van der Waals surface area contributed by atoms with E-state index in [2.05, 4.69) is 19.9 Å². The van der Waals surface area contributed by atoms with E-state index in [1.165, 1.54) is 31.0 Å². The van der Waals surface area contributed by atoms with Gasteiger partial charge in [0.2, 0.25) is 0 Å². The molecule has 1 aliphatic heterocycles. The van der Waals surface area contributed by atoms with Crippen LogP contribution in [0.3, 0.4) is 0 Å². The Labute approximate surface area is 180 Å². The third-order valence-corrected chi connectivity index (χ3v) is 6.90. The highest BCUT2D eigenvalue weighted by Gasteiger charge is 2.35. The fraction of sp³-hybridized carbons (Fsp3) is 0.478. The number of anilines is 1. The third kappa shape index (κ3) is 3.33. The molecule has 1 saturated carbocycles. The van der Waals surface area contributed by atoms with Crippen LogP contribution in [0, 0.1) is 38.4 Å². The number of rotatable bonds is 3. The molecule has 5 rings (SSSR count). The number of thioether (sulfide) groups is 1. The van der Waals surface area contributed by atoms with Crippen LogP contribution in [0.2, 0.25) is 0 Å². The lowest BCUT2D eigenvalue weighted by molar-refractivity contribution is 0.419. The molecule has 0 amide bonds. The van der Waals surface area contributed by atoms with Gasteiger partial charge < -0.3 is 4.90 Å². The molecule has 1 saturated heterocycles. The first-order valence-electron chi connectivity index (χ1n) is 10.6. The van der Waals surface area contributed by atoms with Crippen molar-refractivity contribution in [3.8, 4) is 11.4 Å².